The number of carbonyl (C=O) groups excluding carboxylic acids is 1. The number of nitrogens with two attached hydrogens (primary N) is 1. The summed E-state index contributed by atoms with van der Waals surface area (Å²) < 4.78 is 5.72. The number of rotatable bonds is 5. The first-order valence-corrected chi connectivity index (χ1v) is 7.46. The van der Waals surface area contributed by atoms with Gasteiger partial charge in [0.15, 0.2) is 0 Å². The lowest BCUT2D eigenvalue weighted by Gasteiger charge is -2.25. The molecule has 1 aliphatic rings. The zero-order valence-electron chi connectivity index (χ0n) is 12.6. The number of hydrogen-bond donors (Lipinski definition) is 1. The number of nitrogens with zero attached hydrogens (tertiary/aromatic N) is 2. The second kappa shape index (κ2) is 6.41. The van der Waals surface area contributed by atoms with E-state index in [0.717, 1.165) is 11.3 Å². The molecular formula is C18H17N3O2. The lowest BCUT2D eigenvalue weighted by Crippen LogP contribution is -2.44. The fourth-order valence-corrected chi connectivity index (χ4v) is 2.92. The summed E-state index contributed by atoms with van der Waals surface area (Å²) in [6.07, 6.45) is 0.625. The summed E-state index contributed by atoms with van der Waals surface area (Å²) in [6, 6.07) is 16.8. The Kier molecular flexibility index (Phi) is 4.15. The molecule has 2 N–H and O–H groups in total. The molecule has 1 atom stereocenters. The molecule has 0 radical (unpaired) electrons. The second-order valence-corrected chi connectivity index (χ2v) is 5.40. The molecular weight excluding hydrogens is 290 g/mol. The zero-order chi connectivity index (χ0) is 16.2. The molecule has 23 heavy (non-hydrogen) atoms. The number of hydrogen-bond acceptors (Lipinski definition) is 4. The van der Waals surface area contributed by atoms with E-state index >= 15 is 0 Å². The molecule has 0 saturated heterocycles. The summed E-state index contributed by atoms with van der Waals surface area (Å²) in [7, 11) is 0. The molecule has 0 fully saturated rings. The van der Waals surface area contributed by atoms with Crippen LogP contribution < -0.4 is 15.4 Å². The maximum Gasteiger partial charge on any atom is 0.240 e. The van der Waals surface area contributed by atoms with Gasteiger partial charge in [0.2, 0.25) is 5.91 Å². The molecule has 0 aliphatic carbocycles. The predicted molar refractivity (Wildman–Crippen MR) is 87.1 cm³/mol. The van der Waals surface area contributed by atoms with Gasteiger partial charge < -0.3 is 15.4 Å². The maximum atomic E-state index is 11.7. The highest BCUT2D eigenvalue weighted by Gasteiger charge is 2.32. The summed E-state index contributed by atoms with van der Waals surface area (Å²) in [6.45, 7) is 0.904. The molecule has 116 valence electrons. The molecule has 1 heterocycles. The molecule has 5 heteroatoms. The van der Waals surface area contributed by atoms with Crippen molar-refractivity contribution in [1.82, 2.24) is 0 Å². The zero-order valence-corrected chi connectivity index (χ0v) is 12.6. The third-order valence-corrected chi connectivity index (χ3v) is 4.02. The first-order chi connectivity index (χ1) is 11.2. The van der Waals surface area contributed by atoms with Crippen LogP contribution in [0.15, 0.2) is 48.5 Å². The van der Waals surface area contributed by atoms with Gasteiger partial charge in [0, 0.05) is 12.1 Å². The Bertz CT molecular complexity index is 767. The van der Waals surface area contributed by atoms with Gasteiger partial charge in [-0.05, 0) is 23.8 Å². The number of fused-ring (bicyclic) bond motifs is 1. The minimum Gasteiger partial charge on any atom is -0.490 e. The van der Waals surface area contributed by atoms with Crippen LogP contribution in [0.1, 0.15) is 11.1 Å². The maximum absolute atomic E-state index is 11.7. The van der Waals surface area contributed by atoms with Crippen molar-refractivity contribution in [1.29, 1.82) is 5.26 Å². The van der Waals surface area contributed by atoms with Gasteiger partial charge >= 0.3 is 0 Å². The molecule has 0 bridgehead atoms. The fraction of sp³-hybridized carbons (Fsp3) is 0.222. The van der Waals surface area contributed by atoms with E-state index in [2.05, 4.69) is 6.07 Å². The number of carbonyl (C=O) groups is 1. The van der Waals surface area contributed by atoms with Crippen molar-refractivity contribution in [2.45, 2.75) is 12.5 Å². The normalized spacial score (nSPS) is 15.8. The minimum atomic E-state index is -0.345. The Balaban J connectivity index is 1.71. The van der Waals surface area contributed by atoms with E-state index in [1.165, 1.54) is 0 Å². The van der Waals surface area contributed by atoms with Crippen LogP contribution in [0.4, 0.5) is 5.69 Å². The van der Waals surface area contributed by atoms with Crippen molar-refractivity contribution in [2.24, 2.45) is 5.73 Å². The average molecular weight is 307 g/mol. The predicted octanol–water partition coefficient (Wildman–Crippen LogP) is 1.85. The monoisotopic (exact) mass is 307 g/mol. The summed E-state index contributed by atoms with van der Waals surface area (Å²) in [5, 5.41) is 9.07. The van der Waals surface area contributed by atoms with Gasteiger partial charge in [-0.25, -0.2) is 0 Å². The lowest BCUT2D eigenvalue weighted by atomic mass is 10.1. The van der Waals surface area contributed by atoms with Crippen LogP contribution in [-0.2, 0) is 11.2 Å². The van der Waals surface area contributed by atoms with Crippen LogP contribution in [0.5, 0.6) is 5.75 Å². The van der Waals surface area contributed by atoms with E-state index in [4.69, 9.17) is 15.7 Å². The number of benzene rings is 2. The standard InChI is InChI=1S/C18H17N3O2/c19-12-14-6-2-4-8-17(14)23-10-9-21-15-7-3-1-5-13(15)11-16(21)18(20)22/h1-8,16H,9-11H2,(H2,20,22)/t16-/m0/s1. The van der Waals surface area contributed by atoms with Crippen molar-refractivity contribution in [3.63, 3.8) is 0 Å². The van der Waals surface area contributed by atoms with Crippen molar-refractivity contribution in [3.8, 4) is 11.8 Å². The number of ether oxygens (including phenoxy) is 1. The number of primary amides is 1. The van der Waals surface area contributed by atoms with Crippen LogP contribution in [0.2, 0.25) is 0 Å². The molecule has 2 aromatic rings. The Morgan fingerprint density at radius 2 is 2.00 bits per heavy atom. The number of para-hydroxylation sites is 2. The molecule has 1 amide bonds. The summed E-state index contributed by atoms with van der Waals surface area (Å²) >= 11 is 0. The lowest BCUT2D eigenvalue weighted by molar-refractivity contribution is -0.119. The van der Waals surface area contributed by atoms with Gasteiger partial charge in [0.25, 0.3) is 0 Å². The van der Waals surface area contributed by atoms with E-state index in [1.807, 2.05) is 35.2 Å². The van der Waals surface area contributed by atoms with Crippen molar-refractivity contribution >= 4 is 11.6 Å². The van der Waals surface area contributed by atoms with E-state index in [9.17, 15) is 4.79 Å². The molecule has 0 aromatic heterocycles. The highest BCUT2D eigenvalue weighted by molar-refractivity contribution is 5.86. The van der Waals surface area contributed by atoms with Gasteiger partial charge in [-0.2, -0.15) is 5.26 Å². The van der Waals surface area contributed by atoms with Gasteiger partial charge in [0.05, 0.1) is 12.1 Å². The van der Waals surface area contributed by atoms with E-state index in [-0.39, 0.29) is 11.9 Å². The smallest absolute Gasteiger partial charge is 0.240 e. The third-order valence-electron chi connectivity index (χ3n) is 4.02. The average Bonchev–Trinajstić information content (AvgIpc) is 2.94. The van der Waals surface area contributed by atoms with Crippen LogP contribution in [-0.4, -0.2) is 25.1 Å². The topological polar surface area (TPSA) is 79.3 Å². The van der Waals surface area contributed by atoms with Gasteiger partial charge in [-0.3, -0.25) is 4.79 Å². The minimum absolute atomic E-state index is 0.335. The number of amides is 1. The van der Waals surface area contributed by atoms with Crippen molar-refractivity contribution in [3.05, 3.63) is 59.7 Å². The summed E-state index contributed by atoms with van der Waals surface area (Å²) in [5.74, 6) is 0.219. The highest BCUT2D eigenvalue weighted by atomic mass is 16.5. The molecule has 0 saturated carbocycles. The van der Waals surface area contributed by atoms with Gasteiger partial charge in [0.1, 0.15) is 24.5 Å². The van der Waals surface area contributed by atoms with E-state index in [1.54, 1.807) is 18.2 Å². The van der Waals surface area contributed by atoms with E-state index < -0.39 is 0 Å². The Hall–Kier alpha value is -3.00. The first kappa shape index (κ1) is 14.9. The highest BCUT2D eigenvalue weighted by Crippen LogP contribution is 2.31. The van der Waals surface area contributed by atoms with Gasteiger partial charge in [-0.1, -0.05) is 30.3 Å². The molecule has 0 spiro atoms. The molecule has 2 aromatic carbocycles. The largest absolute Gasteiger partial charge is 0.490 e. The Labute approximate surface area is 134 Å². The van der Waals surface area contributed by atoms with Crippen LogP contribution in [0.25, 0.3) is 0 Å². The first-order valence-electron chi connectivity index (χ1n) is 7.46. The van der Waals surface area contributed by atoms with Crippen LogP contribution in [0.3, 0.4) is 0 Å². The third kappa shape index (κ3) is 2.97. The van der Waals surface area contributed by atoms with Crippen LogP contribution >= 0.6 is 0 Å². The fourth-order valence-electron chi connectivity index (χ4n) is 2.92. The molecule has 0 unspecified atom stereocenters. The van der Waals surface area contributed by atoms with E-state index in [0.29, 0.717) is 30.9 Å². The molecule has 1 aliphatic heterocycles. The summed E-state index contributed by atoms with van der Waals surface area (Å²) in [5.41, 5.74) is 8.17. The second-order valence-electron chi connectivity index (χ2n) is 5.40. The SMILES string of the molecule is N#Cc1ccccc1OCCN1c2ccccc2C[C@H]1C(N)=O. The number of anilines is 1. The quantitative estimate of drug-likeness (QED) is 0.914. The Morgan fingerprint density at radius 1 is 1.26 bits per heavy atom. The summed E-state index contributed by atoms with van der Waals surface area (Å²) in [4.78, 5) is 13.7. The molecule has 3 rings (SSSR count). The number of nitriles is 1. The van der Waals surface area contributed by atoms with Gasteiger partial charge in [-0.15, -0.1) is 0 Å². The van der Waals surface area contributed by atoms with Crippen molar-refractivity contribution < 1.29 is 9.53 Å². The van der Waals surface area contributed by atoms with Crippen molar-refractivity contribution in [2.75, 3.05) is 18.1 Å². The molecule has 5 nitrogen and oxygen atoms in total. The Morgan fingerprint density at radius 3 is 2.78 bits per heavy atom. The van der Waals surface area contributed by atoms with Crippen LogP contribution in [0, 0.1) is 11.3 Å².